The molecule has 20 heavy (non-hydrogen) atoms. The number of rotatable bonds is 3. The molecule has 0 atom stereocenters. The van der Waals surface area contributed by atoms with Crippen LogP contribution in [-0.2, 0) is 6.54 Å². The van der Waals surface area contributed by atoms with Crippen molar-refractivity contribution in [2.24, 2.45) is 0 Å². The molecule has 3 aromatic rings. The zero-order valence-electron chi connectivity index (χ0n) is 11.0. The molecule has 0 aliphatic carbocycles. The van der Waals surface area contributed by atoms with E-state index in [1.54, 1.807) is 0 Å². The summed E-state index contributed by atoms with van der Waals surface area (Å²) in [5, 5.41) is 5.01. The van der Waals surface area contributed by atoms with Crippen LogP contribution in [0.4, 0.5) is 0 Å². The lowest BCUT2D eigenvalue weighted by Crippen LogP contribution is -2.22. The molecular formula is C18H14NO. The van der Waals surface area contributed by atoms with Gasteiger partial charge in [-0.1, -0.05) is 60.7 Å². The fraction of sp³-hybridized carbons (Fsp3) is 0.0556. The number of nitrogens with one attached hydrogen (secondary N) is 1. The number of carbonyl (C=O) groups excluding carboxylic acids is 1. The first-order valence-electron chi connectivity index (χ1n) is 6.55. The van der Waals surface area contributed by atoms with Crippen LogP contribution in [-0.4, -0.2) is 5.91 Å². The number of benzene rings is 3. The topological polar surface area (TPSA) is 29.1 Å². The van der Waals surface area contributed by atoms with Gasteiger partial charge < -0.3 is 5.32 Å². The minimum absolute atomic E-state index is 0.0466. The van der Waals surface area contributed by atoms with E-state index in [-0.39, 0.29) is 5.91 Å². The second-order valence-corrected chi connectivity index (χ2v) is 4.62. The molecule has 3 rings (SSSR count). The van der Waals surface area contributed by atoms with Crippen LogP contribution >= 0.6 is 0 Å². The van der Waals surface area contributed by atoms with Crippen LogP contribution in [0.3, 0.4) is 0 Å². The average molecular weight is 260 g/mol. The minimum atomic E-state index is -0.0466. The molecule has 0 bridgehead atoms. The first-order valence-corrected chi connectivity index (χ1v) is 6.55. The number of hydrogen-bond donors (Lipinski definition) is 1. The van der Waals surface area contributed by atoms with E-state index in [1.807, 2.05) is 66.7 Å². The quantitative estimate of drug-likeness (QED) is 0.766. The summed E-state index contributed by atoms with van der Waals surface area (Å²) in [7, 11) is 0. The molecule has 97 valence electrons. The Kier molecular flexibility index (Phi) is 3.46. The smallest absolute Gasteiger partial charge is 0.252 e. The first kappa shape index (κ1) is 12.4. The molecule has 0 saturated carbocycles. The van der Waals surface area contributed by atoms with E-state index in [0.29, 0.717) is 12.1 Å². The van der Waals surface area contributed by atoms with Gasteiger partial charge in [0.05, 0.1) is 0 Å². The van der Waals surface area contributed by atoms with Gasteiger partial charge in [0, 0.05) is 12.1 Å². The third-order valence-corrected chi connectivity index (χ3v) is 3.27. The Hall–Kier alpha value is -2.61. The van der Waals surface area contributed by atoms with Crippen molar-refractivity contribution in [1.82, 2.24) is 5.32 Å². The second kappa shape index (κ2) is 5.57. The fourth-order valence-electron chi connectivity index (χ4n) is 2.24. The normalized spacial score (nSPS) is 10.4. The van der Waals surface area contributed by atoms with E-state index in [4.69, 9.17) is 0 Å². The van der Waals surface area contributed by atoms with Crippen molar-refractivity contribution in [1.29, 1.82) is 0 Å². The highest BCUT2D eigenvalue weighted by Gasteiger charge is 2.08. The van der Waals surface area contributed by atoms with Crippen molar-refractivity contribution < 1.29 is 4.79 Å². The second-order valence-electron chi connectivity index (χ2n) is 4.62. The predicted molar refractivity (Wildman–Crippen MR) is 80.4 cm³/mol. The molecule has 0 aromatic heterocycles. The number of carbonyl (C=O) groups is 1. The van der Waals surface area contributed by atoms with Gasteiger partial charge in [0.25, 0.3) is 5.91 Å². The molecule has 1 radical (unpaired) electrons. The maximum atomic E-state index is 12.3. The van der Waals surface area contributed by atoms with E-state index in [9.17, 15) is 4.79 Å². The highest BCUT2D eigenvalue weighted by molar-refractivity contribution is 6.06. The van der Waals surface area contributed by atoms with E-state index in [1.165, 1.54) is 0 Å². The lowest BCUT2D eigenvalue weighted by molar-refractivity contribution is 0.0952. The molecule has 0 unspecified atom stereocenters. The Morgan fingerprint density at radius 3 is 2.55 bits per heavy atom. The molecular weight excluding hydrogens is 246 g/mol. The average Bonchev–Trinajstić information content (AvgIpc) is 2.53. The summed E-state index contributed by atoms with van der Waals surface area (Å²) < 4.78 is 0. The van der Waals surface area contributed by atoms with Crippen molar-refractivity contribution in [3.8, 4) is 0 Å². The SMILES string of the molecule is O=C(NCc1cc[c]cc1)c1cccc2ccccc12. The van der Waals surface area contributed by atoms with Crippen LogP contribution in [0.1, 0.15) is 15.9 Å². The van der Waals surface area contributed by atoms with Gasteiger partial charge in [0.15, 0.2) is 0 Å². The van der Waals surface area contributed by atoms with Crippen LogP contribution in [0.15, 0.2) is 66.7 Å². The third kappa shape index (κ3) is 2.54. The molecule has 0 saturated heterocycles. The Bertz CT molecular complexity index is 729. The maximum absolute atomic E-state index is 12.3. The van der Waals surface area contributed by atoms with Crippen molar-refractivity contribution in [3.05, 3.63) is 83.9 Å². The molecule has 0 spiro atoms. The molecule has 0 aliphatic heterocycles. The Morgan fingerprint density at radius 1 is 0.950 bits per heavy atom. The van der Waals surface area contributed by atoms with Gasteiger partial charge in [-0.15, -0.1) is 0 Å². The molecule has 3 aromatic carbocycles. The fourth-order valence-corrected chi connectivity index (χ4v) is 2.24. The highest BCUT2D eigenvalue weighted by atomic mass is 16.1. The van der Waals surface area contributed by atoms with Crippen molar-refractivity contribution in [2.45, 2.75) is 6.54 Å². The van der Waals surface area contributed by atoms with Gasteiger partial charge in [-0.3, -0.25) is 4.79 Å². The van der Waals surface area contributed by atoms with Crippen LogP contribution in [0.5, 0.6) is 0 Å². The lowest BCUT2D eigenvalue weighted by Gasteiger charge is -2.08. The summed E-state index contributed by atoms with van der Waals surface area (Å²) in [6.07, 6.45) is 0. The minimum Gasteiger partial charge on any atom is -0.348 e. The van der Waals surface area contributed by atoms with Gasteiger partial charge in [0.1, 0.15) is 0 Å². The van der Waals surface area contributed by atoms with E-state index in [2.05, 4.69) is 11.4 Å². The van der Waals surface area contributed by atoms with Gasteiger partial charge in [-0.05, 0) is 28.5 Å². The maximum Gasteiger partial charge on any atom is 0.252 e. The number of hydrogen-bond acceptors (Lipinski definition) is 1. The van der Waals surface area contributed by atoms with Crippen molar-refractivity contribution in [2.75, 3.05) is 0 Å². The van der Waals surface area contributed by atoms with Crippen molar-refractivity contribution in [3.63, 3.8) is 0 Å². The predicted octanol–water partition coefficient (Wildman–Crippen LogP) is 3.57. The van der Waals surface area contributed by atoms with Crippen molar-refractivity contribution >= 4 is 16.7 Å². The largest absolute Gasteiger partial charge is 0.348 e. The lowest BCUT2D eigenvalue weighted by atomic mass is 10.0. The molecule has 0 heterocycles. The Balaban J connectivity index is 1.82. The highest BCUT2D eigenvalue weighted by Crippen LogP contribution is 2.18. The Labute approximate surface area is 118 Å². The molecule has 1 amide bonds. The number of fused-ring (bicyclic) bond motifs is 1. The molecule has 0 aliphatic rings. The zero-order chi connectivity index (χ0) is 13.8. The van der Waals surface area contributed by atoms with Gasteiger partial charge in [-0.25, -0.2) is 0 Å². The van der Waals surface area contributed by atoms with E-state index < -0.39 is 0 Å². The Morgan fingerprint density at radius 2 is 1.70 bits per heavy atom. The standard InChI is InChI=1S/C18H14NO/c20-18(19-13-14-7-2-1-3-8-14)17-12-6-10-15-9-4-5-11-16(15)17/h2-12H,13H2,(H,19,20). The van der Waals surface area contributed by atoms with Crippen LogP contribution < -0.4 is 5.32 Å². The molecule has 0 fully saturated rings. The summed E-state index contributed by atoms with van der Waals surface area (Å²) in [4.78, 5) is 12.3. The van der Waals surface area contributed by atoms with Gasteiger partial charge in [-0.2, -0.15) is 0 Å². The molecule has 2 nitrogen and oxygen atoms in total. The summed E-state index contributed by atoms with van der Waals surface area (Å²) in [5.74, 6) is -0.0466. The zero-order valence-corrected chi connectivity index (χ0v) is 11.0. The van der Waals surface area contributed by atoms with Crippen LogP contribution in [0.25, 0.3) is 10.8 Å². The summed E-state index contributed by atoms with van der Waals surface area (Å²) >= 11 is 0. The monoisotopic (exact) mass is 260 g/mol. The third-order valence-electron chi connectivity index (χ3n) is 3.27. The number of amides is 1. The first-order chi connectivity index (χ1) is 9.84. The summed E-state index contributed by atoms with van der Waals surface area (Å²) in [6.45, 7) is 0.525. The molecule has 1 N–H and O–H groups in total. The van der Waals surface area contributed by atoms with Crippen LogP contribution in [0, 0.1) is 6.07 Å². The van der Waals surface area contributed by atoms with Gasteiger partial charge >= 0.3 is 0 Å². The van der Waals surface area contributed by atoms with Gasteiger partial charge in [0.2, 0.25) is 0 Å². The van der Waals surface area contributed by atoms with E-state index >= 15 is 0 Å². The summed E-state index contributed by atoms with van der Waals surface area (Å²) in [6, 6.07) is 24.2. The van der Waals surface area contributed by atoms with E-state index in [0.717, 1.165) is 16.3 Å². The van der Waals surface area contributed by atoms with Crippen LogP contribution in [0.2, 0.25) is 0 Å². The summed E-state index contributed by atoms with van der Waals surface area (Å²) in [5.41, 5.74) is 1.78. The molecule has 2 heteroatoms.